The van der Waals surface area contributed by atoms with Crippen molar-refractivity contribution in [1.29, 1.82) is 5.26 Å². The number of benzene rings is 2. The molecule has 2 aromatic carbocycles. The molecule has 0 fully saturated rings. The molecule has 0 N–H and O–H groups in total. The van der Waals surface area contributed by atoms with Crippen LogP contribution in [0.1, 0.15) is 5.76 Å². The average molecular weight is 235 g/mol. The maximum absolute atomic E-state index is 8.69. The Hall–Kier alpha value is -2.73. The molecule has 0 radical (unpaired) electrons. The predicted octanol–water partition coefficient (Wildman–Crippen LogP) is 4.10. The third-order valence-electron chi connectivity index (χ3n) is 2.65. The number of nitriles is 1. The van der Waals surface area contributed by atoms with Crippen molar-refractivity contribution in [1.82, 2.24) is 0 Å². The van der Waals surface area contributed by atoms with Gasteiger partial charge in [0.15, 0.2) is 0 Å². The van der Waals surface area contributed by atoms with Crippen LogP contribution in [0.2, 0.25) is 0 Å². The van der Waals surface area contributed by atoms with Crippen molar-refractivity contribution in [3.8, 4) is 17.8 Å². The normalized spacial score (nSPS) is 10.2. The van der Waals surface area contributed by atoms with E-state index in [0.29, 0.717) is 11.7 Å². The van der Waals surface area contributed by atoms with Crippen LogP contribution in [0, 0.1) is 11.3 Å². The molecule has 3 nitrogen and oxygen atoms in total. The van der Waals surface area contributed by atoms with Gasteiger partial charge in [-0.1, -0.05) is 36.4 Å². The van der Waals surface area contributed by atoms with Gasteiger partial charge in [0, 0.05) is 11.5 Å². The number of nitrogens with zero attached hydrogens (tertiary/aromatic N) is 1. The molecule has 0 saturated heterocycles. The lowest BCUT2D eigenvalue weighted by Crippen LogP contribution is -1.83. The lowest BCUT2D eigenvalue weighted by molar-refractivity contribution is 0.345. The fourth-order valence-corrected chi connectivity index (χ4v) is 1.83. The molecule has 0 spiro atoms. The summed E-state index contributed by atoms with van der Waals surface area (Å²) in [6, 6.07) is 18.9. The Morgan fingerprint density at radius 2 is 1.78 bits per heavy atom. The molecule has 0 amide bonds. The highest BCUT2D eigenvalue weighted by atomic mass is 16.6. The fraction of sp³-hybridized carbons (Fsp3) is 0. The molecule has 3 rings (SSSR count). The van der Waals surface area contributed by atoms with Gasteiger partial charge >= 0.3 is 0 Å². The predicted molar refractivity (Wildman–Crippen MR) is 67.4 cm³/mol. The van der Waals surface area contributed by atoms with Crippen LogP contribution in [0.15, 0.2) is 59.0 Å². The molecule has 18 heavy (non-hydrogen) atoms. The Bertz CT molecular complexity index is 732. The molecule has 0 aliphatic rings. The third kappa shape index (κ3) is 1.80. The van der Waals surface area contributed by atoms with Gasteiger partial charge in [0.1, 0.15) is 11.8 Å². The summed E-state index contributed by atoms with van der Waals surface area (Å²) >= 11 is 0. The van der Waals surface area contributed by atoms with Gasteiger partial charge in [-0.25, -0.2) is 0 Å². The van der Waals surface area contributed by atoms with Crippen LogP contribution >= 0.6 is 0 Å². The number of fused-ring (bicyclic) bond motifs is 1. The maximum atomic E-state index is 8.69. The molecule has 0 atom stereocenters. The van der Waals surface area contributed by atoms with Gasteiger partial charge in [-0.3, -0.25) is 0 Å². The minimum atomic E-state index is 0.241. The molecule has 86 valence electrons. The first-order chi connectivity index (χ1) is 8.86. The van der Waals surface area contributed by atoms with Crippen LogP contribution in [0.4, 0.5) is 0 Å². The number of ether oxygens (including phenoxy) is 1. The van der Waals surface area contributed by atoms with Gasteiger partial charge in [-0.2, -0.15) is 5.26 Å². The molecule has 0 bridgehead atoms. The summed E-state index contributed by atoms with van der Waals surface area (Å²) in [6.45, 7) is 0. The van der Waals surface area contributed by atoms with E-state index in [0.717, 1.165) is 10.8 Å². The second-order valence-corrected chi connectivity index (χ2v) is 3.81. The van der Waals surface area contributed by atoms with Gasteiger partial charge < -0.3 is 9.15 Å². The molecule has 0 aliphatic heterocycles. The molecule has 0 aliphatic carbocycles. The van der Waals surface area contributed by atoms with Gasteiger partial charge in [-0.05, 0) is 17.5 Å². The Balaban J connectivity index is 2.02. The molecular formula is C15H9NO2. The zero-order valence-corrected chi connectivity index (χ0v) is 9.46. The molecule has 1 heterocycles. The van der Waals surface area contributed by atoms with E-state index in [9.17, 15) is 0 Å². The van der Waals surface area contributed by atoms with Gasteiger partial charge in [0.25, 0.3) is 5.95 Å². The average Bonchev–Trinajstić information content (AvgIpc) is 2.87. The van der Waals surface area contributed by atoms with Crippen molar-refractivity contribution >= 4 is 10.8 Å². The van der Waals surface area contributed by atoms with Crippen LogP contribution in [0.5, 0.6) is 11.7 Å². The molecule has 1 aromatic heterocycles. The topological polar surface area (TPSA) is 46.2 Å². The van der Waals surface area contributed by atoms with E-state index in [1.165, 1.54) is 0 Å². The first kappa shape index (κ1) is 10.4. The number of hydrogen-bond acceptors (Lipinski definition) is 3. The minimum Gasteiger partial charge on any atom is -0.425 e. The number of hydrogen-bond donors (Lipinski definition) is 0. The van der Waals surface area contributed by atoms with Crippen LogP contribution < -0.4 is 4.74 Å². The van der Waals surface area contributed by atoms with E-state index >= 15 is 0 Å². The summed E-state index contributed by atoms with van der Waals surface area (Å²) in [6.07, 6.45) is 0. The third-order valence-corrected chi connectivity index (χ3v) is 2.65. The molecular weight excluding hydrogens is 226 g/mol. The first-order valence-electron chi connectivity index (χ1n) is 5.52. The monoisotopic (exact) mass is 235 g/mol. The second-order valence-electron chi connectivity index (χ2n) is 3.81. The van der Waals surface area contributed by atoms with E-state index in [-0.39, 0.29) is 5.76 Å². The largest absolute Gasteiger partial charge is 0.425 e. The summed E-state index contributed by atoms with van der Waals surface area (Å²) < 4.78 is 10.9. The SMILES string of the molecule is N#Cc1ccc(Oc2cccc3ccccc23)o1. The summed E-state index contributed by atoms with van der Waals surface area (Å²) in [7, 11) is 0. The lowest BCUT2D eigenvalue weighted by atomic mass is 10.1. The van der Waals surface area contributed by atoms with Crippen molar-refractivity contribution in [3.05, 3.63) is 60.4 Å². The second kappa shape index (κ2) is 4.27. The quantitative estimate of drug-likeness (QED) is 0.671. The van der Waals surface area contributed by atoms with Crippen molar-refractivity contribution in [2.75, 3.05) is 0 Å². The standard InChI is InChI=1S/C15H9NO2/c16-10-12-8-9-15(17-12)18-14-7-3-5-11-4-1-2-6-13(11)14/h1-9H. The smallest absolute Gasteiger partial charge is 0.291 e. The van der Waals surface area contributed by atoms with Gasteiger partial charge in [0.05, 0.1) is 0 Å². The zero-order chi connectivity index (χ0) is 12.4. The summed E-state index contributed by atoms with van der Waals surface area (Å²) in [5.74, 6) is 1.28. The first-order valence-corrected chi connectivity index (χ1v) is 5.52. The highest BCUT2D eigenvalue weighted by Gasteiger charge is 2.06. The molecule has 3 heteroatoms. The Kier molecular flexibility index (Phi) is 2.47. The van der Waals surface area contributed by atoms with Crippen LogP contribution in [-0.4, -0.2) is 0 Å². The van der Waals surface area contributed by atoms with Crippen molar-refractivity contribution in [2.45, 2.75) is 0 Å². The highest BCUT2D eigenvalue weighted by molar-refractivity contribution is 5.88. The lowest BCUT2D eigenvalue weighted by Gasteiger charge is -2.05. The van der Waals surface area contributed by atoms with E-state index in [1.807, 2.05) is 48.5 Å². The fourth-order valence-electron chi connectivity index (χ4n) is 1.83. The van der Waals surface area contributed by atoms with Crippen molar-refractivity contribution in [3.63, 3.8) is 0 Å². The summed E-state index contributed by atoms with van der Waals surface area (Å²) in [5, 5.41) is 10.8. The zero-order valence-electron chi connectivity index (χ0n) is 9.46. The minimum absolute atomic E-state index is 0.241. The van der Waals surface area contributed by atoms with E-state index in [2.05, 4.69) is 0 Å². The van der Waals surface area contributed by atoms with Crippen LogP contribution in [-0.2, 0) is 0 Å². The molecule has 3 aromatic rings. The summed E-state index contributed by atoms with van der Waals surface area (Å²) in [4.78, 5) is 0. The Morgan fingerprint density at radius 3 is 2.61 bits per heavy atom. The molecule has 0 saturated carbocycles. The Morgan fingerprint density at radius 1 is 0.944 bits per heavy atom. The van der Waals surface area contributed by atoms with Crippen LogP contribution in [0.25, 0.3) is 10.8 Å². The van der Waals surface area contributed by atoms with Crippen molar-refractivity contribution in [2.24, 2.45) is 0 Å². The van der Waals surface area contributed by atoms with Gasteiger partial charge in [-0.15, -0.1) is 0 Å². The van der Waals surface area contributed by atoms with Gasteiger partial charge in [0.2, 0.25) is 5.76 Å². The van der Waals surface area contributed by atoms with E-state index < -0.39 is 0 Å². The number of furan rings is 1. The van der Waals surface area contributed by atoms with Crippen molar-refractivity contribution < 1.29 is 9.15 Å². The summed E-state index contributed by atoms with van der Waals surface area (Å²) in [5.41, 5.74) is 0. The maximum Gasteiger partial charge on any atom is 0.291 e. The highest BCUT2D eigenvalue weighted by Crippen LogP contribution is 2.30. The Labute approximate surface area is 104 Å². The van der Waals surface area contributed by atoms with E-state index in [1.54, 1.807) is 12.1 Å². The molecule has 0 unspecified atom stereocenters. The van der Waals surface area contributed by atoms with Crippen LogP contribution in [0.3, 0.4) is 0 Å². The number of rotatable bonds is 2. The van der Waals surface area contributed by atoms with E-state index in [4.69, 9.17) is 14.4 Å².